The SMILES string of the molecule is CCC(C)C(C(=O)O)N(CCOCCF)C(C)=O. The van der Waals surface area contributed by atoms with Crippen molar-refractivity contribution in [3.05, 3.63) is 0 Å². The minimum atomic E-state index is -1.02. The summed E-state index contributed by atoms with van der Waals surface area (Å²) in [5.41, 5.74) is 0. The van der Waals surface area contributed by atoms with Gasteiger partial charge >= 0.3 is 5.97 Å². The number of amides is 1. The standard InChI is InChI=1S/C12H22FNO4/c1-4-9(2)11(12(16)17)14(10(3)15)6-8-18-7-5-13/h9,11H,4-8H2,1-3H3,(H,16,17). The van der Waals surface area contributed by atoms with E-state index in [-0.39, 0.29) is 31.6 Å². The quantitative estimate of drug-likeness (QED) is 0.637. The highest BCUT2D eigenvalue weighted by molar-refractivity contribution is 5.82. The summed E-state index contributed by atoms with van der Waals surface area (Å²) >= 11 is 0. The van der Waals surface area contributed by atoms with E-state index in [4.69, 9.17) is 4.74 Å². The number of rotatable bonds is 9. The summed E-state index contributed by atoms with van der Waals surface area (Å²) in [5.74, 6) is -1.48. The molecule has 0 radical (unpaired) electrons. The molecular weight excluding hydrogens is 241 g/mol. The van der Waals surface area contributed by atoms with Gasteiger partial charge in [-0.25, -0.2) is 9.18 Å². The second kappa shape index (κ2) is 8.85. The Morgan fingerprint density at radius 2 is 2.00 bits per heavy atom. The van der Waals surface area contributed by atoms with Gasteiger partial charge < -0.3 is 14.7 Å². The molecule has 0 aromatic heterocycles. The monoisotopic (exact) mass is 263 g/mol. The number of ether oxygens (including phenoxy) is 1. The molecule has 0 aliphatic carbocycles. The van der Waals surface area contributed by atoms with Crippen LogP contribution < -0.4 is 0 Å². The number of carbonyl (C=O) groups excluding carboxylic acids is 1. The van der Waals surface area contributed by atoms with Crippen molar-refractivity contribution in [2.75, 3.05) is 26.4 Å². The number of carboxylic acids is 1. The predicted molar refractivity (Wildman–Crippen MR) is 65.1 cm³/mol. The molecule has 0 aliphatic heterocycles. The van der Waals surface area contributed by atoms with E-state index in [1.165, 1.54) is 11.8 Å². The molecule has 1 N–H and O–H groups in total. The van der Waals surface area contributed by atoms with Gasteiger partial charge in [0.1, 0.15) is 12.7 Å². The fourth-order valence-electron chi connectivity index (χ4n) is 1.72. The Morgan fingerprint density at radius 1 is 1.39 bits per heavy atom. The molecule has 2 atom stereocenters. The third kappa shape index (κ3) is 5.44. The second-order valence-corrected chi connectivity index (χ2v) is 4.18. The van der Waals surface area contributed by atoms with E-state index in [0.29, 0.717) is 6.42 Å². The van der Waals surface area contributed by atoms with Crippen molar-refractivity contribution < 1.29 is 23.8 Å². The van der Waals surface area contributed by atoms with Crippen molar-refractivity contribution in [3.8, 4) is 0 Å². The van der Waals surface area contributed by atoms with Crippen molar-refractivity contribution in [1.29, 1.82) is 0 Å². The first-order valence-corrected chi connectivity index (χ1v) is 6.09. The fraction of sp³-hybridized carbons (Fsp3) is 0.833. The summed E-state index contributed by atoms with van der Waals surface area (Å²) < 4.78 is 16.8. The Labute approximate surface area is 107 Å². The molecule has 1 amide bonds. The van der Waals surface area contributed by atoms with E-state index in [1.54, 1.807) is 6.92 Å². The zero-order valence-electron chi connectivity index (χ0n) is 11.2. The van der Waals surface area contributed by atoms with Gasteiger partial charge in [0, 0.05) is 13.5 Å². The Balaban J connectivity index is 4.61. The molecule has 106 valence electrons. The first-order valence-electron chi connectivity index (χ1n) is 6.09. The molecule has 0 aromatic rings. The predicted octanol–water partition coefficient (Wildman–Crippen LogP) is 1.32. The van der Waals surface area contributed by atoms with Gasteiger partial charge in [-0.3, -0.25) is 4.79 Å². The van der Waals surface area contributed by atoms with E-state index < -0.39 is 18.7 Å². The molecule has 0 fully saturated rings. The maximum absolute atomic E-state index is 11.8. The van der Waals surface area contributed by atoms with Crippen LogP contribution in [0.25, 0.3) is 0 Å². The highest BCUT2D eigenvalue weighted by atomic mass is 19.1. The second-order valence-electron chi connectivity index (χ2n) is 4.18. The van der Waals surface area contributed by atoms with Crippen molar-refractivity contribution in [2.45, 2.75) is 33.2 Å². The van der Waals surface area contributed by atoms with Crippen LogP contribution >= 0.6 is 0 Å². The molecule has 0 aliphatic rings. The number of halogens is 1. The maximum atomic E-state index is 11.8. The lowest BCUT2D eigenvalue weighted by molar-refractivity contribution is -0.152. The lowest BCUT2D eigenvalue weighted by Crippen LogP contribution is -2.49. The summed E-state index contributed by atoms with van der Waals surface area (Å²) in [6.07, 6.45) is 0.659. The smallest absolute Gasteiger partial charge is 0.326 e. The molecule has 18 heavy (non-hydrogen) atoms. The molecule has 0 aromatic carbocycles. The number of hydrogen-bond acceptors (Lipinski definition) is 3. The minimum absolute atomic E-state index is 0.0349. The van der Waals surface area contributed by atoms with Gasteiger partial charge in [-0.15, -0.1) is 0 Å². The van der Waals surface area contributed by atoms with Crippen LogP contribution in [0.3, 0.4) is 0 Å². The molecule has 0 rings (SSSR count). The minimum Gasteiger partial charge on any atom is -0.480 e. The number of carbonyl (C=O) groups is 2. The molecule has 0 heterocycles. The van der Waals surface area contributed by atoms with E-state index in [0.717, 1.165) is 0 Å². The maximum Gasteiger partial charge on any atom is 0.326 e. The Bertz CT molecular complexity index is 273. The van der Waals surface area contributed by atoms with Gasteiger partial charge in [-0.1, -0.05) is 20.3 Å². The molecule has 0 spiro atoms. The number of nitrogens with zero attached hydrogens (tertiary/aromatic N) is 1. The van der Waals surface area contributed by atoms with Gasteiger partial charge in [0.2, 0.25) is 5.91 Å². The molecule has 0 saturated heterocycles. The molecule has 6 heteroatoms. The third-order valence-electron chi connectivity index (χ3n) is 2.87. The van der Waals surface area contributed by atoms with Crippen LogP contribution in [0.2, 0.25) is 0 Å². The number of alkyl halides is 1. The van der Waals surface area contributed by atoms with E-state index >= 15 is 0 Å². The summed E-state index contributed by atoms with van der Waals surface area (Å²) in [7, 11) is 0. The van der Waals surface area contributed by atoms with Crippen molar-refractivity contribution >= 4 is 11.9 Å². The molecule has 0 bridgehead atoms. The number of aliphatic carboxylic acids is 1. The van der Waals surface area contributed by atoms with E-state index in [9.17, 15) is 19.1 Å². The van der Waals surface area contributed by atoms with Crippen LogP contribution in [0.15, 0.2) is 0 Å². The zero-order chi connectivity index (χ0) is 14.1. The fourth-order valence-corrected chi connectivity index (χ4v) is 1.72. The average Bonchev–Trinajstić information content (AvgIpc) is 2.31. The van der Waals surface area contributed by atoms with Gasteiger partial charge in [-0.2, -0.15) is 0 Å². The normalized spacial score (nSPS) is 14.0. The highest BCUT2D eigenvalue weighted by Crippen LogP contribution is 2.15. The molecule has 0 saturated carbocycles. The van der Waals surface area contributed by atoms with Crippen LogP contribution in [0.5, 0.6) is 0 Å². The Hall–Kier alpha value is -1.17. The van der Waals surface area contributed by atoms with Gasteiger partial charge in [0.25, 0.3) is 0 Å². The Morgan fingerprint density at radius 3 is 2.39 bits per heavy atom. The van der Waals surface area contributed by atoms with Crippen LogP contribution in [0.4, 0.5) is 4.39 Å². The lowest BCUT2D eigenvalue weighted by Gasteiger charge is -2.31. The summed E-state index contributed by atoms with van der Waals surface area (Å²) in [5, 5.41) is 9.20. The van der Waals surface area contributed by atoms with E-state index in [1.807, 2.05) is 6.92 Å². The average molecular weight is 263 g/mol. The number of hydrogen-bond donors (Lipinski definition) is 1. The van der Waals surface area contributed by atoms with Crippen LogP contribution in [-0.2, 0) is 14.3 Å². The van der Waals surface area contributed by atoms with Crippen molar-refractivity contribution in [3.63, 3.8) is 0 Å². The van der Waals surface area contributed by atoms with Gasteiger partial charge in [0.05, 0.1) is 13.2 Å². The molecule has 2 unspecified atom stereocenters. The van der Waals surface area contributed by atoms with Crippen LogP contribution in [0.1, 0.15) is 27.2 Å². The first-order chi connectivity index (χ1) is 8.45. The van der Waals surface area contributed by atoms with Gasteiger partial charge in [-0.05, 0) is 5.92 Å². The third-order valence-corrected chi connectivity index (χ3v) is 2.87. The summed E-state index contributed by atoms with van der Waals surface area (Å²) in [6, 6.07) is -0.860. The largest absolute Gasteiger partial charge is 0.480 e. The number of carboxylic acid groups (broad SMARTS) is 1. The molecule has 5 nitrogen and oxygen atoms in total. The highest BCUT2D eigenvalue weighted by Gasteiger charge is 2.31. The Kier molecular flexibility index (Phi) is 8.28. The first kappa shape index (κ1) is 16.8. The van der Waals surface area contributed by atoms with Crippen molar-refractivity contribution in [2.24, 2.45) is 5.92 Å². The summed E-state index contributed by atoms with van der Waals surface area (Å²) in [6.45, 7) is 4.67. The summed E-state index contributed by atoms with van der Waals surface area (Å²) in [4.78, 5) is 24.0. The van der Waals surface area contributed by atoms with Crippen LogP contribution in [-0.4, -0.2) is 54.4 Å². The molecular formula is C12H22FNO4. The topological polar surface area (TPSA) is 66.8 Å². The lowest BCUT2D eigenvalue weighted by atomic mass is 9.97. The zero-order valence-corrected chi connectivity index (χ0v) is 11.2. The van der Waals surface area contributed by atoms with Crippen LogP contribution in [0, 0.1) is 5.92 Å². The van der Waals surface area contributed by atoms with Crippen molar-refractivity contribution in [1.82, 2.24) is 4.90 Å². The van der Waals surface area contributed by atoms with Gasteiger partial charge in [0.15, 0.2) is 0 Å². The van der Waals surface area contributed by atoms with E-state index in [2.05, 4.69) is 0 Å².